The molecule has 0 bridgehead atoms. The number of nitrogens with zero attached hydrogens (tertiary/aromatic N) is 2. The Kier molecular flexibility index (Phi) is 5.86. The van der Waals surface area contributed by atoms with Gasteiger partial charge >= 0.3 is 6.18 Å². The molecule has 176 valence electrons. The van der Waals surface area contributed by atoms with Gasteiger partial charge in [-0.15, -0.1) is 0 Å². The van der Waals surface area contributed by atoms with Gasteiger partial charge in [-0.2, -0.15) is 18.3 Å². The van der Waals surface area contributed by atoms with E-state index in [-0.39, 0.29) is 18.5 Å². The van der Waals surface area contributed by atoms with Crippen molar-refractivity contribution in [2.24, 2.45) is 0 Å². The van der Waals surface area contributed by atoms with Gasteiger partial charge < -0.3 is 9.15 Å². The van der Waals surface area contributed by atoms with Crippen LogP contribution < -0.4 is 10.2 Å². The molecule has 0 aliphatic carbocycles. The third kappa shape index (κ3) is 4.96. The predicted molar refractivity (Wildman–Crippen MR) is 125 cm³/mol. The SMILES string of the molecule is O=c1c(Cc2ccc(C(F)(F)F)cc2)coc2cc(OCc3cnn(-c4ccccc4)c3)ccc12. The van der Waals surface area contributed by atoms with Crippen molar-refractivity contribution < 1.29 is 22.3 Å². The lowest BCUT2D eigenvalue weighted by atomic mass is 10.0. The molecule has 0 aliphatic heterocycles. The third-order valence-corrected chi connectivity index (χ3v) is 5.56. The standard InChI is InChI=1S/C27H19F3N2O3/c28-27(29,30)21-8-6-18(7-9-21)12-20-17-35-25-13-23(10-11-24(25)26(20)33)34-16-19-14-31-32(15-19)22-4-2-1-3-5-22/h1-11,13-15,17H,12,16H2. The van der Waals surface area contributed by atoms with Crippen LogP contribution in [0.25, 0.3) is 16.7 Å². The van der Waals surface area contributed by atoms with Gasteiger partial charge in [-0.05, 0) is 42.0 Å². The van der Waals surface area contributed by atoms with Crippen LogP contribution in [0.4, 0.5) is 13.2 Å². The summed E-state index contributed by atoms with van der Waals surface area (Å²) in [6.07, 6.45) is 0.713. The lowest BCUT2D eigenvalue weighted by Crippen LogP contribution is -2.10. The number of halogens is 3. The third-order valence-electron chi connectivity index (χ3n) is 5.56. The Morgan fingerprint density at radius 2 is 1.71 bits per heavy atom. The van der Waals surface area contributed by atoms with Crippen molar-refractivity contribution in [1.29, 1.82) is 0 Å². The maximum absolute atomic E-state index is 12.9. The predicted octanol–water partition coefficient (Wildman–Crippen LogP) is 6.17. The number of alkyl halides is 3. The Balaban J connectivity index is 1.29. The fourth-order valence-electron chi connectivity index (χ4n) is 3.72. The lowest BCUT2D eigenvalue weighted by molar-refractivity contribution is -0.137. The molecule has 3 aromatic carbocycles. The van der Waals surface area contributed by atoms with Crippen LogP contribution in [0.15, 0.2) is 101 Å². The molecule has 5 nitrogen and oxygen atoms in total. The van der Waals surface area contributed by atoms with Crippen molar-refractivity contribution in [3.63, 3.8) is 0 Å². The number of fused-ring (bicyclic) bond motifs is 1. The largest absolute Gasteiger partial charge is 0.489 e. The maximum atomic E-state index is 12.9. The highest BCUT2D eigenvalue weighted by Gasteiger charge is 2.29. The first-order valence-corrected chi connectivity index (χ1v) is 10.8. The van der Waals surface area contributed by atoms with Gasteiger partial charge in [0.25, 0.3) is 0 Å². The van der Waals surface area contributed by atoms with Crippen molar-refractivity contribution in [2.45, 2.75) is 19.2 Å². The van der Waals surface area contributed by atoms with Crippen LogP contribution in [0.5, 0.6) is 5.75 Å². The van der Waals surface area contributed by atoms with Gasteiger partial charge in [-0.3, -0.25) is 4.79 Å². The maximum Gasteiger partial charge on any atom is 0.416 e. The summed E-state index contributed by atoms with van der Waals surface area (Å²) in [5, 5.41) is 4.72. The van der Waals surface area contributed by atoms with Crippen LogP contribution in [0.3, 0.4) is 0 Å². The normalized spacial score (nSPS) is 11.6. The molecule has 0 atom stereocenters. The highest BCUT2D eigenvalue weighted by Crippen LogP contribution is 2.29. The Hall–Kier alpha value is -4.33. The van der Waals surface area contributed by atoms with Crippen molar-refractivity contribution in [3.05, 3.63) is 124 Å². The second-order valence-electron chi connectivity index (χ2n) is 8.04. The summed E-state index contributed by atoms with van der Waals surface area (Å²) in [7, 11) is 0. The molecule has 0 saturated heterocycles. The van der Waals surface area contributed by atoms with E-state index in [4.69, 9.17) is 9.15 Å². The zero-order chi connectivity index (χ0) is 24.4. The fourth-order valence-corrected chi connectivity index (χ4v) is 3.72. The highest BCUT2D eigenvalue weighted by molar-refractivity contribution is 5.78. The molecule has 2 aromatic heterocycles. The summed E-state index contributed by atoms with van der Waals surface area (Å²) in [6, 6.07) is 19.4. The first-order valence-electron chi connectivity index (χ1n) is 10.8. The molecule has 0 unspecified atom stereocenters. The average molecular weight is 476 g/mol. The number of rotatable bonds is 6. The van der Waals surface area contributed by atoms with Gasteiger partial charge in [0.15, 0.2) is 5.43 Å². The summed E-state index contributed by atoms with van der Waals surface area (Å²) < 4.78 is 51.5. The van der Waals surface area contributed by atoms with Gasteiger partial charge in [0, 0.05) is 29.8 Å². The quantitative estimate of drug-likeness (QED) is 0.294. The zero-order valence-corrected chi connectivity index (χ0v) is 18.3. The van der Waals surface area contributed by atoms with E-state index in [1.165, 1.54) is 18.4 Å². The highest BCUT2D eigenvalue weighted by atomic mass is 19.4. The molecule has 0 fully saturated rings. The molecule has 0 radical (unpaired) electrons. The smallest absolute Gasteiger partial charge is 0.416 e. The lowest BCUT2D eigenvalue weighted by Gasteiger charge is -2.08. The van der Waals surface area contributed by atoms with E-state index in [0.29, 0.717) is 27.8 Å². The summed E-state index contributed by atoms with van der Waals surface area (Å²) in [5.41, 5.74) is 2.16. The first-order chi connectivity index (χ1) is 16.9. The number of ether oxygens (including phenoxy) is 1. The Bertz CT molecular complexity index is 1520. The summed E-state index contributed by atoms with van der Waals surface area (Å²) in [5.74, 6) is 0.531. The monoisotopic (exact) mass is 476 g/mol. The number of para-hydroxylation sites is 1. The second-order valence-corrected chi connectivity index (χ2v) is 8.04. The number of benzene rings is 3. The molecular formula is C27H19F3N2O3. The molecule has 5 rings (SSSR count). The van der Waals surface area contributed by atoms with Gasteiger partial charge in [-0.1, -0.05) is 30.3 Å². The van der Waals surface area contributed by atoms with Crippen molar-refractivity contribution >= 4 is 11.0 Å². The van der Waals surface area contributed by atoms with Crippen LogP contribution in [0.2, 0.25) is 0 Å². The number of aromatic nitrogens is 2. The summed E-state index contributed by atoms with van der Waals surface area (Å²) in [6.45, 7) is 0.286. The van der Waals surface area contributed by atoms with E-state index in [1.807, 2.05) is 36.5 Å². The van der Waals surface area contributed by atoms with Crippen LogP contribution in [-0.2, 0) is 19.2 Å². The summed E-state index contributed by atoms with van der Waals surface area (Å²) >= 11 is 0. The van der Waals surface area contributed by atoms with Crippen molar-refractivity contribution in [3.8, 4) is 11.4 Å². The average Bonchev–Trinajstić information content (AvgIpc) is 3.34. The molecule has 8 heteroatoms. The first kappa shape index (κ1) is 22.5. The minimum atomic E-state index is -4.40. The minimum Gasteiger partial charge on any atom is -0.489 e. The van der Waals surface area contributed by atoms with E-state index in [9.17, 15) is 18.0 Å². The Labute approximate surface area is 198 Å². The van der Waals surface area contributed by atoms with Gasteiger partial charge in [-0.25, -0.2) is 4.68 Å². The van der Waals surface area contributed by atoms with Crippen molar-refractivity contribution in [1.82, 2.24) is 9.78 Å². The van der Waals surface area contributed by atoms with E-state index in [1.54, 1.807) is 29.1 Å². The molecule has 0 N–H and O–H groups in total. The molecular weight excluding hydrogens is 457 g/mol. The fraction of sp³-hybridized carbons (Fsp3) is 0.111. The molecule has 0 amide bonds. The second kappa shape index (κ2) is 9.13. The van der Waals surface area contributed by atoms with Crippen molar-refractivity contribution in [2.75, 3.05) is 0 Å². The Morgan fingerprint density at radius 1 is 0.943 bits per heavy atom. The molecule has 0 spiro atoms. The van der Waals surface area contributed by atoms with Crippen LogP contribution in [-0.4, -0.2) is 9.78 Å². The van der Waals surface area contributed by atoms with E-state index in [2.05, 4.69) is 5.10 Å². The van der Waals surface area contributed by atoms with Gasteiger partial charge in [0.05, 0.1) is 29.1 Å². The summed E-state index contributed by atoms with van der Waals surface area (Å²) in [4.78, 5) is 12.9. The van der Waals surface area contributed by atoms with E-state index >= 15 is 0 Å². The number of hydrogen-bond acceptors (Lipinski definition) is 4. The topological polar surface area (TPSA) is 57.3 Å². The number of hydrogen-bond donors (Lipinski definition) is 0. The Morgan fingerprint density at radius 3 is 2.46 bits per heavy atom. The van der Waals surface area contributed by atoms with E-state index in [0.717, 1.165) is 23.4 Å². The molecule has 2 heterocycles. The molecule has 0 saturated carbocycles. The molecule has 5 aromatic rings. The minimum absolute atomic E-state index is 0.167. The van der Waals surface area contributed by atoms with Gasteiger partial charge in [0.1, 0.15) is 17.9 Å². The van der Waals surface area contributed by atoms with Crippen LogP contribution in [0, 0.1) is 0 Å². The van der Waals surface area contributed by atoms with Gasteiger partial charge in [0.2, 0.25) is 0 Å². The molecule has 0 aliphatic rings. The molecule has 35 heavy (non-hydrogen) atoms. The van der Waals surface area contributed by atoms with Crippen LogP contribution >= 0.6 is 0 Å². The zero-order valence-electron chi connectivity index (χ0n) is 18.3. The van der Waals surface area contributed by atoms with E-state index < -0.39 is 11.7 Å². The van der Waals surface area contributed by atoms with Crippen LogP contribution in [0.1, 0.15) is 22.3 Å².